The van der Waals surface area contributed by atoms with E-state index >= 15 is 0 Å². The van der Waals surface area contributed by atoms with Gasteiger partial charge in [-0.25, -0.2) is 12.7 Å². The molecule has 0 aromatic heterocycles. The first-order chi connectivity index (χ1) is 10.5. The molecule has 1 N–H and O–H groups in total. The molecular formula is C16H24N2O3S. The van der Waals surface area contributed by atoms with Gasteiger partial charge in [0, 0.05) is 25.7 Å². The van der Waals surface area contributed by atoms with Crippen LogP contribution in [0.3, 0.4) is 0 Å². The number of hydrogen-bond acceptors (Lipinski definition) is 4. The molecule has 122 valence electrons. The largest absolute Gasteiger partial charge is 0.481 e. The molecular weight excluding hydrogens is 300 g/mol. The first-order valence-electron chi connectivity index (χ1n) is 7.30. The number of rotatable bonds is 10. The van der Waals surface area contributed by atoms with Gasteiger partial charge in [0.15, 0.2) is 0 Å². The van der Waals surface area contributed by atoms with Crippen molar-refractivity contribution in [2.45, 2.75) is 19.9 Å². The van der Waals surface area contributed by atoms with Gasteiger partial charge in [0.25, 0.3) is 0 Å². The van der Waals surface area contributed by atoms with Crippen molar-refractivity contribution in [2.75, 3.05) is 32.5 Å². The molecule has 0 aliphatic rings. The zero-order valence-corrected chi connectivity index (χ0v) is 14.0. The lowest BCUT2D eigenvalue weighted by Gasteiger charge is -2.16. The predicted molar refractivity (Wildman–Crippen MR) is 89.2 cm³/mol. The molecule has 0 spiro atoms. The van der Waals surface area contributed by atoms with Gasteiger partial charge in [-0.05, 0) is 26.0 Å². The second-order valence-electron chi connectivity index (χ2n) is 4.85. The highest BCUT2D eigenvalue weighted by atomic mass is 32.2. The van der Waals surface area contributed by atoms with Crippen LogP contribution in [0.4, 0.5) is 0 Å². The fourth-order valence-corrected chi connectivity index (χ4v) is 2.77. The second kappa shape index (κ2) is 9.46. The lowest BCUT2D eigenvalue weighted by atomic mass is 10.2. The van der Waals surface area contributed by atoms with E-state index in [2.05, 4.69) is 11.2 Å². The third-order valence-electron chi connectivity index (χ3n) is 3.27. The third kappa shape index (κ3) is 6.06. The number of ether oxygens (including phenoxy) is 1. The predicted octanol–water partition coefficient (Wildman–Crippen LogP) is 1.46. The molecule has 0 amide bonds. The number of nitrogens with zero attached hydrogens (tertiary/aromatic N) is 1. The van der Waals surface area contributed by atoms with Crippen molar-refractivity contribution in [3.63, 3.8) is 0 Å². The quantitative estimate of drug-likeness (QED) is 0.523. The smallest absolute Gasteiger partial charge is 0.213 e. The Kier molecular flexibility index (Phi) is 7.96. The lowest BCUT2D eigenvalue weighted by Crippen LogP contribution is -2.31. The lowest BCUT2D eigenvalue weighted by molar-refractivity contribution is 0.364. The molecule has 0 saturated carbocycles. The van der Waals surface area contributed by atoms with Crippen molar-refractivity contribution in [1.82, 2.24) is 9.62 Å². The van der Waals surface area contributed by atoms with Crippen LogP contribution in [0.25, 0.3) is 0 Å². The summed E-state index contributed by atoms with van der Waals surface area (Å²) in [5.74, 6) is 3.36. The first kappa shape index (κ1) is 18.5. The van der Waals surface area contributed by atoms with Gasteiger partial charge in [-0.15, -0.1) is 6.42 Å². The SMILES string of the molecule is C#CCOc1ccccc1CNCCCN(C)S(=O)(=O)CC. The summed E-state index contributed by atoms with van der Waals surface area (Å²) in [5, 5.41) is 3.29. The highest BCUT2D eigenvalue weighted by molar-refractivity contribution is 7.89. The van der Waals surface area contributed by atoms with Gasteiger partial charge < -0.3 is 10.1 Å². The molecule has 0 atom stereocenters. The fourth-order valence-electron chi connectivity index (χ4n) is 1.92. The normalized spacial score (nSPS) is 11.4. The van der Waals surface area contributed by atoms with E-state index in [0.29, 0.717) is 13.1 Å². The summed E-state index contributed by atoms with van der Waals surface area (Å²) in [4.78, 5) is 0. The number of hydrogen-bond donors (Lipinski definition) is 1. The zero-order valence-electron chi connectivity index (χ0n) is 13.2. The summed E-state index contributed by atoms with van der Waals surface area (Å²) >= 11 is 0. The number of nitrogens with one attached hydrogen (secondary N) is 1. The maximum Gasteiger partial charge on any atom is 0.213 e. The van der Waals surface area contributed by atoms with E-state index in [1.54, 1.807) is 14.0 Å². The number of para-hydroxylation sites is 1. The van der Waals surface area contributed by atoms with E-state index in [9.17, 15) is 8.42 Å². The van der Waals surface area contributed by atoms with Gasteiger partial charge in [0.05, 0.1) is 5.75 Å². The van der Waals surface area contributed by atoms with Gasteiger partial charge in [0.1, 0.15) is 12.4 Å². The number of benzene rings is 1. The average molecular weight is 324 g/mol. The van der Waals surface area contributed by atoms with E-state index in [1.165, 1.54) is 4.31 Å². The minimum atomic E-state index is -3.09. The maximum absolute atomic E-state index is 11.6. The van der Waals surface area contributed by atoms with Crippen molar-refractivity contribution < 1.29 is 13.2 Å². The van der Waals surface area contributed by atoms with Gasteiger partial charge >= 0.3 is 0 Å². The van der Waals surface area contributed by atoms with E-state index in [0.717, 1.165) is 24.3 Å². The number of terminal acetylenes is 1. The Morgan fingerprint density at radius 1 is 1.36 bits per heavy atom. The van der Waals surface area contributed by atoms with Crippen LogP contribution in [0, 0.1) is 12.3 Å². The van der Waals surface area contributed by atoms with Crippen LogP contribution in [0.2, 0.25) is 0 Å². The van der Waals surface area contributed by atoms with Crippen LogP contribution >= 0.6 is 0 Å². The van der Waals surface area contributed by atoms with Gasteiger partial charge in [-0.3, -0.25) is 0 Å². The van der Waals surface area contributed by atoms with E-state index in [-0.39, 0.29) is 12.4 Å². The average Bonchev–Trinajstić information content (AvgIpc) is 2.53. The molecule has 1 aromatic rings. The molecule has 1 aromatic carbocycles. The standard InChI is InChI=1S/C16H24N2O3S/c1-4-13-21-16-10-7-6-9-15(16)14-17-11-8-12-18(3)22(19,20)5-2/h1,6-7,9-10,17H,5,8,11-14H2,2-3H3. The molecule has 0 aliphatic heterocycles. The van der Waals surface area contributed by atoms with Crippen molar-refractivity contribution in [1.29, 1.82) is 0 Å². The second-order valence-corrected chi connectivity index (χ2v) is 7.22. The Bertz CT molecular complexity index is 594. The first-order valence-corrected chi connectivity index (χ1v) is 8.91. The van der Waals surface area contributed by atoms with E-state index < -0.39 is 10.0 Å². The fraction of sp³-hybridized carbons (Fsp3) is 0.500. The van der Waals surface area contributed by atoms with Gasteiger partial charge in [-0.1, -0.05) is 24.1 Å². The monoisotopic (exact) mass is 324 g/mol. The summed E-state index contributed by atoms with van der Waals surface area (Å²) in [6.45, 7) is 3.80. The van der Waals surface area contributed by atoms with Crippen LogP contribution < -0.4 is 10.1 Å². The molecule has 0 bridgehead atoms. The Hall–Kier alpha value is -1.55. The van der Waals surface area contributed by atoms with E-state index in [1.807, 2.05) is 24.3 Å². The molecule has 6 heteroatoms. The van der Waals surface area contributed by atoms with Crippen LogP contribution in [-0.4, -0.2) is 45.2 Å². The molecule has 22 heavy (non-hydrogen) atoms. The highest BCUT2D eigenvalue weighted by Crippen LogP contribution is 2.17. The molecule has 0 heterocycles. The molecule has 0 aliphatic carbocycles. The van der Waals surface area contributed by atoms with Crippen molar-refractivity contribution >= 4 is 10.0 Å². The summed E-state index contributed by atoms with van der Waals surface area (Å²) in [5.41, 5.74) is 1.03. The van der Waals surface area contributed by atoms with Gasteiger partial charge in [-0.2, -0.15) is 0 Å². The topological polar surface area (TPSA) is 58.6 Å². The van der Waals surface area contributed by atoms with E-state index in [4.69, 9.17) is 11.2 Å². The molecule has 0 unspecified atom stereocenters. The highest BCUT2D eigenvalue weighted by Gasteiger charge is 2.13. The van der Waals surface area contributed by atoms with Crippen molar-refractivity contribution in [3.8, 4) is 18.1 Å². The van der Waals surface area contributed by atoms with Crippen LogP contribution in [0.1, 0.15) is 18.9 Å². The molecule has 0 saturated heterocycles. The van der Waals surface area contributed by atoms with Crippen molar-refractivity contribution in [3.05, 3.63) is 29.8 Å². The molecule has 0 fully saturated rings. The summed E-state index contributed by atoms with van der Waals surface area (Å²) in [7, 11) is -1.47. The Labute approximate surface area is 133 Å². The summed E-state index contributed by atoms with van der Waals surface area (Å²) < 4.78 is 30.1. The van der Waals surface area contributed by atoms with Crippen LogP contribution in [-0.2, 0) is 16.6 Å². The van der Waals surface area contributed by atoms with Gasteiger partial charge in [0.2, 0.25) is 10.0 Å². The summed E-state index contributed by atoms with van der Waals surface area (Å²) in [6, 6.07) is 7.71. The minimum Gasteiger partial charge on any atom is -0.481 e. The third-order valence-corrected chi connectivity index (χ3v) is 5.13. The summed E-state index contributed by atoms with van der Waals surface area (Å²) in [6.07, 6.45) is 5.95. The molecule has 5 nitrogen and oxygen atoms in total. The van der Waals surface area contributed by atoms with Crippen LogP contribution in [0.15, 0.2) is 24.3 Å². The zero-order chi connectivity index (χ0) is 16.4. The Morgan fingerprint density at radius 2 is 2.09 bits per heavy atom. The minimum absolute atomic E-state index is 0.136. The van der Waals surface area contributed by atoms with Crippen LogP contribution in [0.5, 0.6) is 5.75 Å². The van der Waals surface area contributed by atoms with Crippen molar-refractivity contribution in [2.24, 2.45) is 0 Å². The molecule has 0 radical (unpaired) electrons. The number of sulfonamides is 1. The Balaban J connectivity index is 2.35. The maximum atomic E-state index is 11.6. The molecule has 1 rings (SSSR count). The Morgan fingerprint density at radius 3 is 2.77 bits per heavy atom.